The van der Waals surface area contributed by atoms with Crippen molar-refractivity contribution in [3.05, 3.63) is 139 Å². The Kier molecular flexibility index (Phi) is 8.14. The third-order valence-electron chi connectivity index (χ3n) is 10.8. The molecule has 49 heavy (non-hydrogen) atoms. The summed E-state index contributed by atoms with van der Waals surface area (Å²) in [6, 6.07) is 46.3. The maximum Gasteiger partial charge on any atom is 0.164 e. The fraction of sp³-hybridized carbons (Fsp3) is 0.244. The van der Waals surface area contributed by atoms with E-state index in [1.807, 2.05) is 48.5 Å². The first-order valence-electron chi connectivity index (χ1n) is 17.6. The van der Waals surface area contributed by atoms with E-state index in [0.717, 1.165) is 45.6 Å². The van der Waals surface area contributed by atoms with Crippen LogP contribution in [0.4, 0.5) is 0 Å². The summed E-state index contributed by atoms with van der Waals surface area (Å²) in [6.07, 6.45) is 6.73. The predicted molar refractivity (Wildman–Crippen MR) is 198 cm³/mol. The summed E-state index contributed by atoms with van der Waals surface area (Å²) in [5, 5.41) is 9.36. The lowest BCUT2D eigenvalue weighted by Crippen LogP contribution is -2.42. The molecule has 2 aliphatic carbocycles. The topological polar surface area (TPSA) is 62.5 Å². The molecular formula is C45H40N4. The number of hydrogen-bond donors (Lipinski definition) is 0. The molecule has 2 bridgehead atoms. The molecule has 0 spiro atoms. The maximum atomic E-state index is 9.36. The molecule has 1 heterocycles. The molecule has 4 heteroatoms. The van der Waals surface area contributed by atoms with E-state index in [9.17, 15) is 5.26 Å². The monoisotopic (exact) mass is 636 g/mol. The number of nitrogens with zero attached hydrogens (tertiary/aromatic N) is 4. The van der Waals surface area contributed by atoms with Crippen molar-refractivity contribution in [3.8, 4) is 62.5 Å². The molecule has 0 radical (unpaired) electrons. The van der Waals surface area contributed by atoms with Crippen molar-refractivity contribution in [2.75, 3.05) is 0 Å². The van der Waals surface area contributed by atoms with Gasteiger partial charge in [0.1, 0.15) is 0 Å². The van der Waals surface area contributed by atoms with Crippen LogP contribution in [0, 0.1) is 29.1 Å². The fourth-order valence-corrected chi connectivity index (χ4v) is 8.98. The normalized spacial score (nSPS) is 21.5. The van der Waals surface area contributed by atoms with Gasteiger partial charge in [0.05, 0.1) is 11.6 Å². The molecule has 0 N–H and O–H groups in total. The average molecular weight is 637 g/mol. The van der Waals surface area contributed by atoms with Gasteiger partial charge in [-0.05, 0) is 107 Å². The van der Waals surface area contributed by atoms with Crippen molar-refractivity contribution < 1.29 is 0 Å². The SMILES string of the molecule is C[C@@H]1C[C@@H]2C[C@H](C)CC(c3ccc(-c4ccccc4-c4ccccc4-c4nc(-c5ccccc5)nc(-c5ccc(C#N)cc5)n4)cc3)(C1)C2. The van der Waals surface area contributed by atoms with E-state index < -0.39 is 0 Å². The summed E-state index contributed by atoms with van der Waals surface area (Å²) < 4.78 is 0. The second-order valence-electron chi connectivity index (χ2n) is 14.5. The first kappa shape index (κ1) is 30.9. The molecule has 8 rings (SSSR count). The van der Waals surface area contributed by atoms with E-state index in [1.165, 1.54) is 48.8 Å². The van der Waals surface area contributed by atoms with E-state index in [1.54, 1.807) is 12.1 Å². The van der Waals surface area contributed by atoms with E-state index in [-0.39, 0.29) is 0 Å². The minimum atomic E-state index is 0.312. The summed E-state index contributed by atoms with van der Waals surface area (Å²) in [4.78, 5) is 15.0. The van der Waals surface area contributed by atoms with Gasteiger partial charge in [0, 0.05) is 16.7 Å². The van der Waals surface area contributed by atoms with Crippen LogP contribution in [0.25, 0.3) is 56.4 Å². The van der Waals surface area contributed by atoms with Crippen LogP contribution in [-0.2, 0) is 5.41 Å². The van der Waals surface area contributed by atoms with Crippen LogP contribution in [0.3, 0.4) is 0 Å². The van der Waals surface area contributed by atoms with Crippen molar-refractivity contribution in [1.29, 1.82) is 5.26 Å². The summed E-state index contributed by atoms with van der Waals surface area (Å²) in [5.41, 5.74) is 9.75. The Bertz CT molecular complexity index is 2130. The van der Waals surface area contributed by atoms with Gasteiger partial charge in [0.2, 0.25) is 0 Å². The molecule has 240 valence electrons. The van der Waals surface area contributed by atoms with Gasteiger partial charge < -0.3 is 0 Å². The summed E-state index contributed by atoms with van der Waals surface area (Å²) in [6.45, 7) is 4.92. The lowest BCUT2D eigenvalue weighted by atomic mass is 9.54. The van der Waals surface area contributed by atoms with E-state index in [2.05, 4.69) is 86.6 Å². The number of nitriles is 1. The lowest BCUT2D eigenvalue weighted by molar-refractivity contribution is 0.0780. The minimum Gasteiger partial charge on any atom is -0.208 e. The van der Waals surface area contributed by atoms with Crippen LogP contribution in [0.1, 0.15) is 57.1 Å². The molecule has 5 aromatic carbocycles. The molecule has 4 nitrogen and oxygen atoms in total. The van der Waals surface area contributed by atoms with Gasteiger partial charge in [-0.25, -0.2) is 15.0 Å². The van der Waals surface area contributed by atoms with Gasteiger partial charge in [0.25, 0.3) is 0 Å². The highest BCUT2D eigenvalue weighted by Gasteiger charge is 2.45. The van der Waals surface area contributed by atoms with Crippen molar-refractivity contribution >= 4 is 0 Å². The number of fused-ring (bicyclic) bond motifs is 2. The van der Waals surface area contributed by atoms with Crippen molar-refractivity contribution in [1.82, 2.24) is 15.0 Å². The molecule has 2 aliphatic rings. The number of hydrogen-bond acceptors (Lipinski definition) is 4. The molecule has 1 aromatic heterocycles. The average Bonchev–Trinajstić information content (AvgIpc) is 3.14. The van der Waals surface area contributed by atoms with E-state index in [0.29, 0.717) is 28.5 Å². The molecule has 0 amide bonds. The smallest absolute Gasteiger partial charge is 0.164 e. The standard InChI is InChI=1S/C45H40N4/c1-30-24-33-25-31(2)27-45(26-30,28-33)37-22-20-34(21-23-37)38-12-6-7-13-39(38)40-14-8-9-15-41(40)44-48-42(35-10-4-3-5-11-35)47-43(49-44)36-18-16-32(29-46)17-19-36/h3-23,30-31,33H,24-28H2,1-2H3/t30-,31+,33-,45?. The van der Waals surface area contributed by atoms with Gasteiger partial charge >= 0.3 is 0 Å². The van der Waals surface area contributed by atoms with Gasteiger partial charge in [-0.2, -0.15) is 5.26 Å². The zero-order valence-corrected chi connectivity index (χ0v) is 28.2. The lowest BCUT2D eigenvalue weighted by Gasteiger charge is -2.50. The van der Waals surface area contributed by atoms with Gasteiger partial charge in [-0.15, -0.1) is 0 Å². The highest BCUT2D eigenvalue weighted by Crippen LogP contribution is 2.54. The van der Waals surface area contributed by atoms with Crippen molar-refractivity contribution in [2.45, 2.75) is 51.4 Å². The molecule has 0 aliphatic heterocycles. The van der Waals surface area contributed by atoms with Gasteiger partial charge in [-0.1, -0.05) is 117 Å². The molecule has 0 saturated heterocycles. The van der Waals surface area contributed by atoms with E-state index in [4.69, 9.17) is 15.0 Å². The summed E-state index contributed by atoms with van der Waals surface area (Å²) >= 11 is 0. The van der Waals surface area contributed by atoms with Crippen molar-refractivity contribution in [3.63, 3.8) is 0 Å². The van der Waals surface area contributed by atoms with Gasteiger partial charge in [-0.3, -0.25) is 0 Å². The molecule has 2 saturated carbocycles. The van der Waals surface area contributed by atoms with Crippen LogP contribution in [-0.4, -0.2) is 15.0 Å². The van der Waals surface area contributed by atoms with Crippen LogP contribution in [0.2, 0.25) is 0 Å². The molecule has 1 unspecified atom stereocenters. The Labute approximate surface area is 289 Å². The van der Waals surface area contributed by atoms with Crippen molar-refractivity contribution in [2.24, 2.45) is 17.8 Å². The first-order chi connectivity index (χ1) is 24.0. The number of benzene rings is 5. The van der Waals surface area contributed by atoms with Crippen LogP contribution in [0.5, 0.6) is 0 Å². The van der Waals surface area contributed by atoms with Crippen LogP contribution in [0.15, 0.2) is 127 Å². The molecule has 6 aromatic rings. The van der Waals surface area contributed by atoms with Gasteiger partial charge in [0.15, 0.2) is 17.5 Å². The highest BCUT2D eigenvalue weighted by molar-refractivity contribution is 5.90. The van der Waals surface area contributed by atoms with Crippen LogP contribution >= 0.6 is 0 Å². The Balaban J connectivity index is 1.21. The second-order valence-corrected chi connectivity index (χ2v) is 14.5. The Morgan fingerprint density at radius 1 is 0.510 bits per heavy atom. The number of aromatic nitrogens is 3. The van der Waals surface area contributed by atoms with Crippen LogP contribution < -0.4 is 0 Å². The first-order valence-corrected chi connectivity index (χ1v) is 17.6. The zero-order chi connectivity index (χ0) is 33.4. The summed E-state index contributed by atoms with van der Waals surface area (Å²) in [7, 11) is 0. The zero-order valence-electron chi connectivity index (χ0n) is 28.2. The third kappa shape index (κ3) is 6.07. The minimum absolute atomic E-state index is 0.312. The Morgan fingerprint density at radius 3 is 1.61 bits per heavy atom. The fourth-order valence-electron chi connectivity index (χ4n) is 8.98. The highest BCUT2D eigenvalue weighted by atomic mass is 15.0. The van der Waals surface area contributed by atoms with E-state index >= 15 is 0 Å². The summed E-state index contributed by atoms with van der Waals surface area (Å²) in [5.74, 6) is 4.24. The quantitative estimate of drug-likeness (QED) is 0.182. The number of rotatable bonds is 6. The maximum absolute atomic E-state index is 9.36. The predicted octanol–water partition coefficient (Wildman–Crippen LogP) is 11.2. The Hall–Kier alpha value is -5.40. The Morgan fingerprint density at radius 2 is 1.00 bits per heavy atom. The molecular weight excluding hydrogens is 597 g/mol. The third-order valence-corrected chi connectivity index (χ3v) is 10.8. The largest absolute Gasteiger partial charge is 0.208 e. The second kappa shape index (κ2) is 12.9. The molecule has 2 fully saturated rings. The molecule has 4 atom stereocenters.